The van der Waals surface area contributed by atoms with Gasteiger partial charge < -0.3 is 10.8 Å². The summed E-state index contributed by atoms with van der Waals surface area (Å²) >= 11 is 0. The number of rotatable bonds is 0. The zero-order chi connectivity index (χ0) is 9.00. The minimum atomic E-state index is 0.319. The van der Waals surface area contributed by atoms with Crippen LogP contribution >= 0.6 is 0 Å². The van der Waals surface area contributed by atoms with Gasteiger partial charge in [-0.3, -0.25) is 0 Å². The van der Waals surface area contributed by atoms with Crippen LogP contribution in [-0.4, -0.2) is 11.1 Å². The normalized spacial score (nSPS) is 35.0. The van der Waals surface area contributed by atoms with E-state index in [0.29, 0.717) is 23.6 Å². The second-order valence-electron chi connectivity index (χ2n) is 4.22. The first-order valence-electron chi connectivity index (χ1n) is 4.84. The van der Waals surface area contributed by atoms with Crippen LogP contribution in [0.15, 0.2) is 18.2 Å². The Balaban J connectivity index is 2.21. The summed E-state index contributed by atoms with van der Waals surface area (Å²) in [5.41, 5.74) is 8.47. The van der Waals surface area contributed by atoms with E-state index in [1.54, 1.807) is 6.07 Å². The topological polar surface area (TPSA) is 46.2 Å². The molecule has 68 valence electrons. The van der Waals surface area contributed by atoms with E-state index in [1.807, 2.05) is 6.07 Å². The lowest BCUT2D eigenvalue weighted by molar-refractivity contribution is 0.459. The number of aromatic hydroxyl groups is 1. The van der Waals surface area contributed by atoms with Crippen molar-refractivity contribution in [2.75, 3.05) is 0 Å². The van der Waals surface area contributed by atoms with Gasteiger partial charge in [-0.1, -0.05) is 12.1 Å². The molecule has 0 unspecified atom stereocenters. The van der Waals surface area contributed by atoms with Crippen molar-refractivity contribution in [3.63, 3.8) is 0 Å². The average Bonchev–Trinajstić information content (AvgIpc) is 2.61. The van der Waals surface area contributed by atoms with Crippen LogP contribution in [0, 0.1) is 0 Å². The molecule has 1 fully saturated rings. The van der Waals surface area contributed by atoms with E-state index in [0.717, 1.165) is 12.8 Å². The Morgan fingerprint density at radius 3 is 3.00 bits per heavy atom. The zero-order valence-corrected chi connectivity index (χ0v) is 7.40. The van der Waals surface area contributed by atoms with Gasteiger partial charge in [0.05, 0.1) is 0 Å². The number of hydrogen-bond acceptors (Lipinski definition) is 2. The lowest BCUT2D eigenvalue weighted by Gasteiger charge is -2.21. The van der Waals surface area contributed by atoms with Crippen molar-refractivity contribution in [1.82, 2.24) is 0 Å². The van der Waals surface area contributed by atoms with Crippen LogP contribution in [0.25, 0.3) is 0 Å². The molecule has 1 saturated carbocycles. The van der Waals surface area contributed by atoms with Crippen LogP contribution in [0.1, 0.15) is 35.8 Å². The summed E-state index contributed by atoms with van der Waals surface area (Å²) in [4.78, 5) is 0. The molecule has 2 aliphatic carbocycles. The molecule has 2 bridgehead atoms. The highest BCUT2D eigenvalue weighted by atomic mass is 16.3. The van der Waals surface area contributed by atoms with Crippen molar-refractivity contribution >= 4 is 0 Å². The molecule has 0 radical (unpaired) electrons. The molecule has 3 rings (SSSR count). The fourth-order valence-corrected chi connectivity index (χ4v) is 3.00. The Morgan fingerprint density at radius 2 is 2.15 bits per heavy atom. The summed E-state index contributed by atoms with van der Waals surface area (Å²) in [5.74, 6) is 1.50. The number of benzene rings is 1. The second-order valence-corrected chi connectivity index (χ2v) is 4.22. The third kappa shape index (κ3) is 0.814. The molecular weight excluding hydrogens is 162 g/mol. The molecule has 2 heteroatoms. The highest BCUT2D eigenvalue weighted by Gasteiger charge is 2.43. The number of phenolic OH excluding ortho intramolecular Hbond substituents is 1. The molecule has 0 spiro atoms. The van der Waals surface area contributed by atoms with Crippen molar-refractivity contribution in [2.45, 2.75) is 30.7 Å². The SMILES string of the molecule is N[C@@H]1C[C@@H]2C[C@H]1c1cccc(O)c12. The lowest BCUT2D eigenvalue weighted by Crippen LogP contribution is -2.25. The van der Waals surface area contributed by atoms with Gasteiger partial charge in [-0.15, -0.1) is 0 Å². The van der Waals surface area contributed by atoms with Gasteiger partial charge in [0, 0.05) is 17.5 Å². The van der Waals surface area contributed by atoms with Crippen LogP contribution < -0.4 is 5.73 Å². The van der Waals surface area contributed by atoms with E-state index in [2.05, 4.69) is 6.07 Å². The highest BCUT2D eigenvalue weighted by Crippen LogP contribution is 2.54. The summed E-state index contributed by atoms with van der Waals surface area (Å²) in [5, 5.41) is 9.70. The summed E-state index contributed by atoms with van der Waals surface area (Å²) in [6.07, 6.45) is 2.20. The summed E-state index contributed by atoms with van der Waals surface area (Å²) in [6.45, 7) is 0. The van der Waals surface area contributed by atoms with Gasteiger partial charge in [0.25, 0.3) is 0 Å². The van der Waals surface area contributed by atoms with E-state index < -0.39 is 0 Å². The maximum absolute atomic E-state index is 9.70. The summed E-state index contributed by atoms with van der Waals surface area (Å²) < 4.78 is 0. The number of hydrogen-bond donors (Lipinski definition) is 2. The Hall–Kier alpha value is -1.02. The molecule has 2 aliphatic rings. The molecule has 3 atom stereocenters. The molecule has 3 N–H and O–H groups in total. The van der Waals surface area contributed by atoms with E-state index in [-0.39, 0.29) is 0 Å². The first-order chi connectivity index (χ1) is 6.27. The molecule has 0 aliphatic heterocycles. The maximum atomic E-state index is 9.70. The Kier molecular flexibility index (Phi) is 1.29. The van der Waals surface area contributed by atoms with Gasteiger partial charge in [0.15, 0.2) is 0 Å². The maximum Gasteiger partial charge on any atom is 0.119 e. The smallest absolute Gasteiger partial charge is 0.119 e. The van der Waals surface area contributed by atoms with Gasteiger partial charge in [0.1, 0.15) is 5.75 Å². The molecule has 1 aromatic rings. The average molecular weight is 175 g/mol. The summed E-state index contributed by atoms with van der Waals surface area (Å²) in [6, 6.07) is 6.13. The molecule has 13 heavy (non-hydrogen) atoms. The molecule has 0 aromatic heterocycles. The Morgan fingerprint density at radius 1 is 1.31 bits per heavy atom. The van der Waals surface area contributed by atoms with Gasteiger partial charge >= 0.3 is 0 Å². The highest BCUT2D eigenvalue weighted by molar-refractivity contribution is 5.50. The van der Waals surface area contributed by atoms with E-state index >= 15 is 0 Å². The number of fused-ring (bicyclic) bond motifs is 5. The van der Waals surface area contributed by atoms with Crippen molar-refractivity contribution < 1.29 is 5.11 Å². The van der Waals surface area contributed by atoms with E-state index in [1.165, 1.54) is 11.1 Å². The van der Waals surface area contributed by atoms with Crippen LogP contribution in [-0.2, 0) is 0 Å². The van der Waals surface area contributed by atoms with Crippen LogP contribution in [0.2, 0.25) is 0 Å². The van der Waals surface area contributed by atoms with Crippen molar-refractivity contribution in [3.8, 4) is 5.75 Å². The monoisotopic (exact) mass is 175 g/mol. The number of nitrogens with two attached hydrogens (primary N) is 1. The van der Waals surface area contributed by atoms with Crippen molar-refractivity contribution in [3.05, 3.63) is 29.3 Å². The minimum Gasteiger partial charge on any atom is -0.508 e. The quantitative estimate of drug-likeness (QED) is 0.630. The van der Waals surface area contributed by atoms with Crippen LogP contribution in [0.3, 0.4) is 0 Å². The predicted molar refractivity (Wildman–Crippen MR) is 50.8 cm³/mol. The van der Waals surface area contributed by atoms with E-state index in [4.69, 9.17) is 5.73 Å². The van der Waals surface area contributed by atoms with Gasteiger partial charge in [-0.05, 0) is 30.4 Å². The standard InChI is InChI=1S/C11H13NO/c12-9-5-6-4-8(9)7-2-1-3-10(13)11(6)7/h1-3,6,8-9,13H,4-5,12H2/t6-,8-,9+/m0/s1. The summed E-state index contributed by atoms with van der Waals surface area (Å²) in [7, 11) is 0. The Bertz CT molecular complexity index is 361. The van der Waals surface area contributed by atoms with Crippen LogP contribution in [0.4, 0.5) is 0 Å². The van der Waals surface area contributed by atoms with E-state index in [9.17, 15) is 5.11 Å². The first-order valence-corrected chi connectivity index (χ1v) is 4.84. The van der Waals surface area contributed by atoms with Crippen LogP contribution in [0.5, 0.6) is 5.75 Å². The molecule has 0 saturated heterocycles. The first kappa shape index (κ1) is 7.39. The van der Waals surface area contributed by atoms with Gasteiger partial charge in [-0.2, -0.15) is 0 Å². The third-order valence-corrected chi connectivity index (χ3v) is 3.54. The molecule has 0 amide bonds. The molecule has 0 heterocycles. The zero-order valence-electron chi connectivity index (χ0n) is 7.40. The predicted octanol–water partition coefficient (Wildman–Crippen LogP) is 1.69. The molecule has 2 nitrogen and oxygen atoms in total. The van der Waals surface area contributed by atoms with Crippen molar-refractivity contribution in [2.24, 2.45) is 5.73 Å². The number of phenols is 1. The largest absolute Gasteiger partial charge is 0.508 e. The second kappa shape index (κ2) is 2.26. The molecule has 1 aromatic carbocycles. The third-order valence-electron chi connectivity index (χ3n) is 3.54. The van der Waals surface area contributed by atoms with Crippen molar-refractivity contribution in [1.29, 1.82) is 0 Å². The fraction of sp³-hybridized carbons (Fsp3) is 0.455. The fourth-order valence-electron chi connectivity index (χ4n) is 3.00. The van der Waals surface area contributed by atoms with Gasteiger partial charge in [-0.25, -0.2) is 0 Å². The molecular formula is C11H13NO. The lowest BCUT2D eigenvalue weighted by atomic mass is 9.88. The Labute approximate surface area is 77.4 Å². The minimum absolute atomic E-state index is 0.319. The van der Waals surface area contributed by atoms with Gasteiger partial charge in [0.2, 0.25) is 0 Å².